The lowest BCUT2D eigenvalue weighted by Crippen LogP contribution is -2.66. The highest BCUT2D eigenvalue weighted by molar-refractivity contribution is 5.26. The van der Waals surface area contributed by atoms with Gasteiger partial charge in [-0.1, -0.05) is 39.3 Å². The summed E-state index contributed by atoms with van der Waals surface area (Å²) in [4.78, 5) is 0. The number of aliphatic hydroxyl groups excluding tert-OH is 7. The number of allylic oxidation sites excluding steroid dienone is 1. The highest BCUT2D eigenvalue weighted by Crippen LogP contribution is 2.70. The molecule has 64 heavy (non-hydrogen) atoms. The third-order valence-corrected chi connectivity index (χ3v) is 18.0. The first-order valence-corrected chi connectivity index (χ1v) is 24.4. The fourth-order valence-electron chi connectivity index (χ4n) is 14.2. The van der Waals surface area contributed by atoms with Crippen LogP contribution in [0.15, 0.2) is 11.6 Å². The topological polar surface area (TPSA) is 251 Å². The summed E-state index contributed by atoms with van der Waals surface area (Å²) in [6, 6.07) is 0. The van der Waals surface area contributed by atoms with Gasteiger partial charge >= 0.3 is 0 Å². The molecule has 26 atom stereocenters. The Hall–Kier alpha value is -0.940. The van der Waals surface area contributed by atoms with Gasteiger partial charge in [0.15, 0.2) is 24.7 Å². The smallest absolute Gasteiger partial charge is 0.187 e. The van der Waals surface area contributed by atoms with Crippen molar-refractivity contribution in [2.75, 3.05) is 26.4 Å². The molecule has 0 aromatic rings. The van der Waals surface area contributed by atoms with Crippen molar-refractivity contribution >= 4 is 0 Å². The molecule has 5 heterocycles. The maximum Gasteiger partial charge on any atom is 0.187 e. The summed E-state index contributed by atoms with van der Waals surface area (Å²) >= 11 is 0. The molecule has 0 aromatic carbocycles. The van der Waals surface area contributed by atoms with Crippen LogP contribution in [0.4, 0.5) is 0 Å². The van der Waals surface area contributed by atoms with E-state index in [9.17, 15) is 35.7 Å². The Balaban J connectivity index is 0.934. The van der Waals surface area contributed by atoms with Gasteiger partial charge in [-0.25, -0.2) is 0 Å². The molecule has 9 rings (SSSR count). The van der Waals surface area contributed by atoms with Gasteiger partial charge in [-0.3, -0.25) is 0 Å². The van der Waals surface area contributed by atoms with Crippen molar-refractivity contribution in [3.05, 3.63) is 11.6 Å². The van der Waals surface area contributed by atoms with E-state index >= 15 is 0 Å². The van der Waals surface area contributed by atoms with Crippen LogP contribution in [0, 0.1) is 46.3 Å². The second kappa shape index (κ2) is 18.4. The number of nitrogens with two attached hydrogens (primary N) is 1. The molecule has 0 unspecified atom stereocenters. The second-order valence-electron chi connectivity index (χ2n) is 21.7. The Morgan fingerprint density at radius 3 is 2.03 bits per heavy atom. The summed E-state index contributed by atoms with van der Waals surface area (Å²) in [5.41, 5.74) is 7.30. The molecule has 0 bridgehead atoms. The minimum absolute atomic E-state index is 0.0121. The molecule has 17 nitrogen and oxygen atoms in total. The highest BCUT2D eigenvalue weighted by atomic mass is 16.8. The van der Waals surface area contributed by atoms with E-state index in [1.165, 1.54) is 25.8 Å². The summed E-state index contributed by atoms with van der Waals surface area (Å²) < 4.78 is 56.9. The molecular weight excluding hydrogens is 835 g/mol. The lowest BCUT2D eigenvalue weighted by Gasteiger charge is -2.59. The number of aliphatic hydroxyl groups is 7. The van der Waals surface area contributed by atoms with E-state index in [1.54, 1.807) is 0 Å². The molecule has 0 aromatic heterocycles. The van der Waals surface area contributed by atoms with Gasteiger partial charge in [0, 0.05) is 18.9 Å². The minimum Gasteiger partial charge on any atom is -0.388 e. The predicted molar refractivity (Wildman–Crippen MR) is 226 cm³/mol. The number of hydrogen-bond donors (Lipinski definition) is 8. The van der Waals surface area contributed by atoms with Crippen LogP contribution in [-0.4, -0.2) is 172 Å². The lowest BCUT2D eigenvalue weighted by molar-refractivity contribution is -0.389. The zero-order valence-electron chi connectivity index (χ0n) is 38.4. The summed E-state index contributed by atoms with van der Waals surface area (Å²) in [7, 11) is 0. The second-order valence-corrected chi connectivity index (χ2v) is 21.7. The molecule has 9 N–H and O–H groups in total. The van der Waals surface area contributed by atoms with Crippen molar-refractivity contribution in [1.82, 2.24) is 0 Å². The average molecular weight is 912 g/mol. The van der Waals surface area contributed by atoms with Gasteiger partial charge in [0.05, 0.1) is 44.2 Å². The molecule has 9 aliphatic rings. The van der Waals surface area contributed by atoms with Crippen molar-refractivity contribution in [1.29, 1.82) is 0 Å². The standard InChI is InChI=1S/C47H77NO16/c1-21-9-14-47(57-19-21)22(2)32-30(64-47)18-29-27-8-7-25-17-26(10-12-45(25,5)28(27)11-13-46(29,32)6)60-44-41(63-43-38(54)36(52)34(50)24(4)59-43)39(55)40(31(61-44)20-56-16-15-48)62-42-37(53)35(51)33(49)23(3)58-42/h7,21-24,26-44,49-55H,8-20,48H2,1-6H3/t21-,22+,23+,24+,26+,27-,28+,29+,30+,31-,32+,33+,34+,35-,36-,37-,38-,39+,40-,41-,42+,43+,44-,45+,46+,47-/m1/s1. The van der Waals surface area contributed by atoms with Crippen LogP contribution in [0.2, 0.25) is 0 Å². The monoisotopic (exact) mass is 912 g/mol. The lowest BCUT2D eigenvalue weighted by atomic mass is 9.47. The molecular formula is C47H77NO16. The first kappa shape index (κ1) is 48.1. The Morgan fingerprint density at radius 2 is 1.39 bits per heavy atom. The maximum absolute atomic E-state index is 12.3. The highest BCUT2D eigenvalue weighted by Gasteiger charge is 2.69. The third kappa shape index (κ3) is 8.18. The summed E-state index contributed by atoms with van der Waals surface area (Å²) in [6.07, 6.45) is -9.71. The van der Waals surface area contributed by atoms with Crippen LogP contribution in [0.5, 0.6) is 0 Å². The molecule has 17 heteroatoms. The van der Waals surface area contributed by atoms with E-state index in [4.69, 9.17) is 48.4 Å². The third-order valence-electron chi connectivity index (χ3n) is 18.0. The Kier molecular flexibility index (Phi) is 13.8. The van der Waals surface area contributed by atoms with E-state index in [0.29, 0.717) is 48.3 Å². The molecule has 4 aliphatic carbocycles. The Labute approximate surface area is 377 Å². The Morgan fingerprint density at radius 1 is 0.719 bits per heavy atom. The van der Waals surface area contributed by atoms with Crippen LogP contribution in [-0.2, 0) is 42.6 Å². The summed E-state index contributed by atoms with van der Waals surface area (Å²) in [5.74, 6) is 2.66. The van der Waals surface area contributed by atoms with E-state index in [2.05, 4.69) is 33.8 Å². The quantitative estimate of drug-likeness (QED) is 0.113. The number of hydrogen-bond acceptors (Lipinski definition) is 17. The zero-order valence-corrected chi connectivity index (χ0v) is 38.4. The molecule has 0 amide bonds. The minimum atomic E-state index is -1.70. The molecule has 1 spiro atoms. The van der Waals surface area contributed by atoms with Crippen molar-refractivity contribution < 1.29 is 78.4 Å². The van der Waals surface area contributed by atoms with Gasteiger partial charge in [-0.15, -0.1) is 0 Å². The molecule has 3 saturated carbocycles. The molecule has 0 radical (unpaired) electrons. The van der Waals surface area contributed by atoms with E-state index < -0.39 is 97.9 Å². The molecule has 5 saturated heterocycles. The zero-order chi connectivity index (χ0) is 45.6. The van der Waals surface area contributed by atoms with Gasteiger partial charge in [0.25, 0.3) is 0 Å². The van der Waals surface area contributed by atoms with Gasteiger partial charge in [-0.2, -0.15) is 0 Å². The van der Waals surface area contributed by atoms with E-state index in [0.717, 1.165) is 45.1 Å². The number of ether oxygens (including phenoxy) is 9. The van der Waals surface area contributed by atoms with E-state index in [1.807, 2.05) is 0 Å². The summed E-state index contributed by atoms with van der Waals surface area (Å²) in [6.45, 7) is 13.7. The predicted octanol–water partition coefficient (Wildman–Crippen LogP) is 1.22. The van der Waals surface area contributed by atoms with Crippen LogP contribution in [0.25, 0.3) is 0 Å². The molecule has 8 fully saturated rings. The summed E-state index contributed by atoms with van der Waals surface area (Å²) in [5, 5.41) is 76.2. The van der Waals surface area contributed by atoms with Crippen LogP contribution >= 0.6 is 0 Å². The molecule has 5 aliphatic heterocycles. The van der Waals surface area contributed by atoms with Crippen LogP contribution < -0.4 is 5.73 Å². The molecule has 366 valence electrons. The van der Waals surface area contributed by atoms with Gasteiger partial charge in [-0.05, 0) is 106 Å². The average Bonchev–Trinajstić information content (AvgIpc) is 3.72. The Bertz CT molecular complexity index is 1650. The fourth-order valence-corrected chi connectivity index (χ4v) is 14.2. The van der Waals surface area contributed by atoms with Crippen molar-refractivity contribution in [3.63, 3.8) is 0 Å². The van der Waals surface area contributed by atoms with Gasteiger partial charge in [0.2, 0.25) is 0 Å². The number of rotatable bonds is 10. The van der Waals surface area contributed by atoms with Crippen molar-refractivity contribution in [3.8, 4) is 0 Å². The fraction of sp³-hybridized carbons (Fsp3) is 0.957. The first-order valence-electron chi connectivity index (χ1n) is 24.4. The maximum atomic E-state index is 12.3. The SMILES string of the molecule is C[C@@H]1CC[C@@]2(OC1)O[C@H]1C[C@H]3[C@@H]4CC=C5C[C@@H](O[C@@H]6O[C@H](COCCN)[C@@H](O[C@@H]7O[C@@H](C)[C@H](O)[C@@H](O)[C@H]7O)[C@H](O)[C@H]6O[C@@H]6O[C@@H](C)[C@H](O)[C@@H](O)[C@H]6O)CC[C@]5(C)[C@H]4CC[C@]3(C)[C@H]1[C@@H]2C. The van der Waals surface area contributed by atoms with Crippen LogP contribution in [0.3, 0.4) is 0 Å². The van der Waals surface area contributed by atoms with E-state index in [-0.39, 0.29) is 42.8 Å². The number of fused-ring (bicyclic) bond motifs is 7. The van der Waals surface area contributed by atoms with Gasteiger partial charge in [0.1, 0.15) is 61.0 Å². The van der Waals surface area contributed by atoms with Gasteiger partial charge < -0.3 is 84.1 Å². The van der Waals surface area contributed by atoms with Crippen molar-refractivity contribution in [2.45, 2.75) is 209 Å². The largest absolute Gasteiger partial charge is 0.388 e. The normalized spacial score (nSPS) is 56.2. The van der Waals surface area contributed by atoms with Crippen molar-refractivity contribution in [2.24, 2.45) is 52.1 Å². The first-order chi connectivity index (χ1) is 30.4. The van der Waals surface area contributed by atoms with Crippen LogP contribution in [0.1, 0.15) is 99.3 Å².